The van der Waals surface area contributed by atoms with Crippen molar-refractivity contribution >= 4 is 5.91 Å². The van der Waals surface area contributed by atoms with Gasteiger partial charge in [-0.2, -0.15) is 10.1 Å². The molecule has 7 nitrogen and oxygen atoms in total. The number of rotatable bonds is 4. The van der Waals surface area contributed by atoms with Crippen molar-refractivity contribution in [3.63, 3.8) is 0 Å². The topological polar surface area (TPSA) is 77.0 Å². The number of aromatic nitrogens is 4. The van der Waals surface area contributed by atoms with Gasteiger partial charge in [0, 0.05) is 32.3 Å². The van der Waals surface area contributed by atoms with Crippen molar-refractivity contribution in [2.45, 2.75) is 58.3 Å². The molecule has 0 bridgehead atoms. The fraction of sp³-hybridized carbons (Fsp3) is 0.684. The normalized spacial score (nSPS) is 25.1. The Morgan fingerprint density at radius 2 is 2.15 bits per heavy atom. The highest BCUT2D eigenvalue weighted by atomic mass is 16.5. The standard InChI is InChI=1S/C19H27N5O2/c1-12-16(13(2)23(4)21-12)7-8-17(25)24-10-15-6-5-9-19(15,11-24)18-20-14(3)22-26-18/h15H,5-11H2,1-4H3/t15-,19-/m0/s1. The van der Waals surface area contributed by atoms with Gasteiger partial charge in [-0.05, 0) is 51.5 Å². The summed E-state index contributed by atoms with van der Waals surface area (Å²) in [5, 5.41) is 8.43. The third kappa shape index (κ3) is 2.64. The molecule has 2 atom stereocenters. The molecule has 0 spiro atoms. The van der Waals surface area contributed by atoms with Crippen molar-refractivity contribution in [3.05, 3.63) is 28.7 Å². The Morgan fingerprint density at radius 1 is 1.35 bits per heavy atom. The Kier molecular flexibility index (Phi) is 4.12. The van der Waals surface area contributed by atoms with Crippen LogP contribution in [-0.2, 0) is 23.7 Å². The van der Waals surface area contributed by atoms with E-state index in [2.05, 4.69) is 22.2 Å². The Labute approximate surface area is 153 Å². The molecule has 26 heavy (non-hydrogen) atoms. The van der Waals surface area contributed by atoms with E-state index >= 15 is 0 Å². The number of likely N-dealkylation sites (tertiary alicyclic amines) is 1. The van der Waals surface area contributed by atoms with Crippen LogP contribution in [0.2, 0.25) is 0 Å². The van der Waals surface area contributed by atoms with E-state index in [1.165, 1.54) is 12.0 Å². The van der Waals surface area contributed by atoms with E-state index in [0.717, 1.165) is 43.1 Å². The molecule has 0 N–H and O–H groups in total. The second-order valence-corrected chi connectivity index (χ2v) is 7.94. The smallest absolute Gasteiger partial charge is 0.234 e. The number of aryl methyl sites for hydroxylation is 3. The molecule has 0 aromatic carbocycles. The summed E-state index contributed by atoms with van der Waals surface area (Å²) >= 11 is 0. The maximum atomic E-state index is 12.9. The minimum atomic E-state index is -0.128. The molecule has 0 radical (unpaired) electrons. The Balaban J connectivity index is 1.47. The molecule has 2 fully saturated rings. The summed E-state index contributed by atoms with van der Waals surface area (Å²) in [5.41, 5.74) is 3.24. The summed E-state index contributed by atoms with van der Waals surface area (Å²) in [4.78, 5) is 19.4. The number of hydrogen-bond acceptors (Lipinski definition) is 5. The summed E-state index contributed by atoms with van der Waals surface area (Å²) in [6.07, 6.45) is 4.61. The minimum Gasteiger partial charge on any atom is -0.341 e. The SMILES string of the molecule is Cc1noc([C@]23CCC[C@H]2CN(C(=O)CCc2c(C)nn(C)c2C)C3)n1. The molecule has 7 heteroatoms. The van der Waals surface area contributed by atoms with Crippen molar-refractivity contribution in [2.75, 3.05) is 13.1 Å². The van der Waals surface area contributed by atoms with Gasteiger partial charge in [-0.1, -0.05) is 11.6 Å². The number of carbonyl (C=O) groups excluding carboxylic acids is 1. The third-order valence-corrected chi connectivity index (χ3v) is 6.42. The van der Waals surface area contributed by atoms with E-state index < -0.39 is 0 Å². The zero-order valence-electron chi connectivity index (χ0n) is 16.1. The molecule has 1 saturated heterocycles. The van der Waals surface area contributed by atoms with Gasteiger partial charge in [-0.25, -0.2) is 0 Å². The fourth-order valence-corrected chi connectivity index (χ4v) is 4.90. The highest BCUT2D eigenvalue weighted by molar-refractivity contribution is 5.77. The number of nitrogens with zero attached hydrogens (tertiary/aromatic N) is 5. The number of carbonyl (C=O) groups is 1. The zero-order chi connectivity index (χ0) is 18.5. The van der Waals surface area contributed by atoms with Crippen molar-refractivity contribution in [2.24, 2.45) is 13.0 Å². The van der Waals surface area contributed by atoms with Crippen LogP contribution in [0, 0.1) is 26.7 Å². The Bertz CT molecular complexity index is 839. The van der Waals surface area contributed by atoms with Crippen molar-refractivity contribution in [1.82, 2.24) is 24.8 Å². The molecule has 2 aromatic rings. The highest BCUT2D eigenvalue weighted by Gasteiger charge is 2.55. The summed E-state index contributed by atoms with van der Waals surface area (Å²) in [6, 6.07) is 0. The lowest BCUT2D eigenvalue weighted by molar-refractivity contribution is -0.130. The van der Waals surface area contributed by atoms with Gasteiger partial charge >= 0.3 is 0 Å². The quantitative estimate of drug-likeness (QED) is 0.839. The van der Waals surface area contributed by atoms with Gasteiger partial charge in [0.15, 0.2) is 5.82 Å². The van der Waals surface area contributed by atoms with Gasteiger partial charge in [-0.3, -0.25) is 9.48 Å². The second-order valence-electron chi connectivity index (χ2n) is 7.94. The van der Waals surface area contributed by atoms with E-state index in [1.54, 1.807) is 0 Å². The molecular formula is C19H27N5O2. The van der Waals surface area contributed by atoms with Crippen LogP contribution in [0.15, 0.2) is 4.52 Å². The van der Waals surface area contributed by atoms with Crippen molar-refractivity contribution < 1.29 is 9.32 Å². The van der Waals surface area contributed by atoms with E-state index in [0.29, 0.717) is 24.7 Å². The molecule has 1 aliphatic heterocycles. The Hall–Kier alpha value is -2.18. The van der Waals surface area contributed by atoms with Crippen LogP contribution in [0.1, 0.15) is 54.3 Å². The lowest BCUT2D eigenvalue weighted by atomic mass is 9.80. The second kappa shape index (κ2) is 6.21. The summed E-state index contributed by atoms with van der Waals surface area (Å²) < 4.78 is 7.43. The molecular weight excluding hydrogens is 330 g/mol. The summed E-state index contributed by atoms with van der Waals surface area (Å²) in [7, 11) is 1.95. The van der Waals surface area contributed by atoms with E-state index in [9.17, 15) is 4.79 Å². The van der Waals surface area contributed by atoms with Crippen LogP contribution in [-0.4, -0.2) is 43.8 Å². The molecule has 2 aromatic heterocycles. The third-order valence-electron chi connectivity index (χ3n) is 6.42. The van der Waals surface area contributed by atoms with Gasteiger partial charge in [-0.15, -0.1) is 0 Å². The first-order valence-corrected chi connectivity index (χ1v) is 9.48. The largest absolute Gasteiger partial charge is 0.341 e. The minimum absolute atomic E-state index is 0.128. The molecule has 1 saturated carbocycles. The van der Waals surface area contributed by atoms with E-state index in [4.69, 9.17) is 4.52 Å². The van der Waals surface area contributed by atoms with Crippen molar-refractivity contribution in [1.29, 1.82) is 0 Å². The number of fused-ring (bicyclic) bond motifs is 1. The maximum Gasteiger partial charge on any atom is 0.234 e. The molecule has 2 aliphatic rings. The Morgan fingerprint density at radius 3 is 2.81 bits per heavy atom. The van der Waals surface area contributed by atoms with Crippen LogP contribution in [0.5, 0.6) is 0 Å². The van der Waals surface area contributed by atoms with Crippen LogP contribution < -0.4 is 0 Å². The van der Waals surface area contributed by atoms with Gasteiger partial charge in [0.05, 0.1) is 11.1 Å². The van der Waals surface area contributed by atoms with Crippen LogP contribution >= 0.6 is 0 Å². The first-order chi connectivity index (χ1) is 12.4. The molecule has 4 rings (SSSR count). The average molecular weight is 357 g/mol. The zero-order valence-corrected chi connectivity index (χ0v) is 16.1. The van der Waals surface area contributed by atoms with Crippen LogP contribution in [0.4, 0.5) is 0 Å². The molecule has 1 amide bonds. The van der Waals surface area contributed by atoms with Gasteiger partial charge < -0.3 is 9.42 Å². The summed E-state index contributed by atoms with van der Waals surface area (Å²) in [6.45, 7) is 7.45. The van der Waals surface area contributed by atoms with E-state index in [-0.39, 0.29) is 11.3 Å². The molecule has 140 valence electrons. The van der Waals surface area contributed by atoms with Crippen LogP contribution in [0.3, 0.4) is 0 Å². The van der Waals surface area contributed by atoms with Gasteiger partial charge in [0.2, 0.25) is 11.8 Å². The first kappa shape index (κ1) is 17.2. The number of hydrogen-bond donors (Lipinski definition) is 0. The van der Waals surface area contributed by atoms with Gasteiger partial charge in [0.25, 0.3) is 0 Å². The molecule has 0 unspecified atom stereocenters. The number of amides is 1. The maximum absolute atomic E-state index is 12.9. The lowest BCUT2D eigenvalue weighted by Gasteiger charge is -2.24. The molecule has 1 aliphatic carbocycles. The van der Waals surface area contributed by atoms with Crippen molar-refractivity contribution in [3.8, 4) is 0 Å². The first-order valence-electron chi connectivity index (χ1n) is 9.48. The fourth-order valence-electron chi connectivity index (χ4n) is 4.90. The average Bonchev–Trinajstić information content (AvgIpc) is 3.31. The highest BCUT2D eigenvalue weighted by Crippen LogP contribution is 2.50. The van der Waals surface area contributed by atoms with Crippen LogP contribution in [0.25, 0.3) is 0 Å². The lowest BCUT2D eigenvalue weighted by Crippen LogP contribution is -2.35. The summed E-state index contributed by atoms with van der Waals surface area (Å²) in [5.74, 6) is 2.06. The monoisotopic (exact) mass is 357 g/mol. The predicted octanol–water partition coefficient (Wildman–Crippen LogP) is 2.24. The van der Waals surface area contributed by atoms with Gasteiger partial charge in [0.1, 0.15) is 0 Å². The predicted molar refractivity (Wildman–Crippen MR) is 95.6 cm³/mol. The van der Waals surface area contributed by atoms with E-state index in [1.807, 2.05) is 30.5 Å². The molecule has 3 heterocycles.